The van der Waals surface area contributed by atoms with Crippen molar-refractivity contribution in [2.75, 3.05) is 13.1 Å². The second kappa shape index (κ2) is 20.4. The molecule has 6 N–H and O–H groups in total. The standard InChI is InChI=1S/C40H48ClF5N6O8/c1-5-10-23(34(54)38(58)48-17-25(53)50-32(35(47)55)20-13-9-14-21(41)15-20)49-36(56)24-16-22(60-40(2,3)4)18-52(24)39(59)33(19-11-7-6-8-12-19)51-37(57)26-27(42)29(44)31(46)30(45)28(26)43/h9,13-15,19,22-24,32-33H,5-8,10-12,16-18H2,1-4H3,(H2,47,55)(H,48,58)(H,49,56)(H,50,53)(H,51,57)/t22-,23?,24+,32?,33+/m1/s1. The number of rotatable bonds is 16. The third kappa shape index (κ3) is 11.8. The molecular weight excluding hydrogens is 823 g/mol. The van der Waals surface area contributed by atoms with E-state index >= 15 is 0 Å². The summed E-state index contributed by atoms with van der Waals surface area (Å²) in [5, 5.41) is 9.48. The number of carbonyl (C=O) groups excluding carboxylic acids is 7. The summed E-state index contributed by atoms with van der Waals surface area (Å²) in [5.41, 5.74) is 3.14. The van der Waals surface area contributed by atoms with Gasteiger partial charge in [-0.1, -0.05) is 56.3 Å². The van der Waals surface area contributed by atoms with E-state index < -0.39 is 124 Å². The van der Waals surface area contributed by atoms with Crippen LogP contribution in [-0.2, 0) is 33.5 Å². The van der Waals surface area contributed by atoms with E-state index in [1.165, 1.54) is 24.3 Å². The fourth-order valence-electron chi connectivity index (χ4n) is 7.37. The Morgan fingerprint density at radius 3 is 2.08 bits per heavy atom. The van der Waals surface area contributed by atoms with Crippen LogP contribution in [0.15, 0.2) is 24.3 Å². The molecule has 2 fully saturated rings. The maximum absolute atomic E-state index is 14.7. The minimum absolute atomic E-state index is 0.0615. The largest absolute Gasteiger partial charge is 0.371 e. The number of hydrogen-bond acceptors (Lipinski definition) is 8. The molecule has 0 spiro atoms. The van der Waals surface area contributed by atoms with Crippen molar-refractivity contribution in [1.29, 1.82) is 0 Å². The molecular formula is C40H48ClF5N6O8. The Labute approximate surface area is 347 Å². The Hall–Kier alpha value is -5.17. The van der Waals surface area contributed by atoms with Crippen LogP contribution in [0.4, 0.5) is 22.0 Å². The highest BCUT2D eigenvalue weighted by Gasteiger charge is 2.46. The number of Topliss-reactive ketones (excluding diaryl/α,β-unsaturated/α-hetero) is 1. The molecule has 2 aliphatic rings. The molecule has 14 nitrogen and oxygen atoms in total. The predicted octanol–water partition coefficient (Wildman–Crippen LogP) is 3.81. The predicted molar refractivity (Wildman–Crippen MR) is 205 cm³/mol. The monoisotopic (exact) mass is 870 g/mol. The number of amides is 6. The van der Waals surface area contributed by atoms with E-state index in [1.807, 2.05) is 0 Å². The Morgan fingerprint density at radius 2 is 1.52 bits per heavy atom. The van der Waals surface area contributed by atoms with Crippen LogP contribution in [-0.4, -0.2) is 89.0 Å². The lowest BCUT2D eigenvalue weighted by molar-refractivity contribution is -0.143. The average Bonchev–Trinajstić information content (AvgIpc) is 3.61. The van der Waals surface area contributed by atoms with Crippen molar-refractivity contribution in [3.8, 4) is 0 Å². The summed E-state index contributed by atoms with van der Waals surface area (Å²) >= 11 is 5.98. The molecule has 2 aromatic rings. The quantitative estimate of drug-likeness (QED) is 0.0725. The Morgan fingerprint density at radius 1 is 0.900 bits per heavy atom. The van der Waals surface area contributed by atoms with E-state index in [0.717, 1.165) is 11.3 Å². The fraction of sp³-hybridized carbons (Fsp3) is 0.525. The zero-order valence-corrected chi connectivity index (χ0v) is 34.2. The van der Waals surface area contributed by atoms with Gasteiger partial charge in [-0.2, -0.15) is 0 Å². The molecule has 1 saturated carbocycles. The molecule has 328 valence electrons. The molecule has 1 aliphatic carbocycles. The summed E-state index contributed by atoms with van der Waals surface area (Å²) in [4.78, 5) is 94.1. The second-order valence-electron chi connectivity index (χ2n) is 15.7. The second-order valence-corrected chi connectivity index (χ2v) is 16.2. The van der Waals surface area contributed by atoms with Crippen molar-refractivity contribution < 1.29 is 60.3 Å². The fourth-order valence-corrected chi connectivity index (χ4v) is 7.57. The number of halogens is 6. The molecule has 2 unspecified atom stereocenters. The van der Waals surface area contributed by atoms with Gasteiger partial charge in [0, 0.05) is 18.0 Å². The molecule has 5 atom stereocenters. The highest BCUT2D eigenvalue weighted by atomic mass is 35.5. The number of primary amides is 1. The summed E-state index contributed by atoms with van der Waals surface area (Å²) < 4.78 is 77.6. The zero-order chi connectivity index (χ0) is 44.6. The van der Waals surface area contributed by atoms with Crippen molar-refractivity contribution in [3.05, 3.63) is 69.5 Å². The first-order valence-corrected chi connectivity index (χ1v) is 19.8. The van der Waals surface area contributed by atoms with Crippen LogP contribution in [0.2, 0.25) is 5.02 Å². The maximum atomic E-state index is 14.7. The van der Waals surface area contributed by atoms with Crippen molar-refractivity contribution in [2.24, 2.45) is 11.7 Å². The third-order valence-corrected chi connectivity index (χ3v) is 10.3. The molecule has 4 rings (SSSR count). The van der Waals surface area contributed by atoms with E-state index in [9.17, 15) is 55.5 Å². The molecule has 60 heavy (non-hydrogen) atoms. The molecule has 1 heterocycles. The van der Waals surface area contributed by atoms with Crippen LogP contribution in [0, 0.1) is 35.0 Å². The van der Waals surface area contributed by atoms with Crippen molar-refractivity contribution >= 4 is 52.8 Å². The summed E-state index contributed by atoms with van der Waals surface area (Å²) in [7, 11) is 0. The van der Waals surface area contributed by atoms with E-state index in [2.05, 4.69) is 21.3 Å². The van der Waals surface area contributed by atoms with Crippen LogP contribution in [0.3, 0.4) is 0 Å². The highest BCUT2D eigenvalue weighted by Crippen LogP contribution is 2.32. The lowest BCUT2D eigenvalue weighted by Gasteiger charge is -2.35. The first-order chi connectivity index (χ1) is 28.1. The van der Waals surface area contributed by atoms with Crippen LogP contribution in [0.1, 0.15) is 101 Å². The van der Waals surface area contributed by atoms with Crippen LogP contribution >= 0.6 is 11.6 Å². The van der Waals surface area contributed by atoms with E-state index in [4.69, 9.17) is 22.1 Å². The van der Waals surface area contributed by atoms with Gasteiger partial charge in [-0.05, 0) is 63.6 Å². The average molecular weight is 871 g/mol. The van der Waals surface area contributed by atoms with Gasteiger partial charge in [0.25, 0.3) is 11.8 Å². The first kappa shape index (κ1) is 47.5. The number of benzene rings is 2. The Balaban J connectivity index is 1.55. The number of nitrogens with zero attached hydrogens (tertiary/aromatic N) is 1. The topological polar surface area (TPSA) is 206 Å². The smallest absolute Gasteiger partial charge is 0.290 e. The first-order valence-electron chi connectivity index (χ1n) is 19.4. The van der Waals surface area contributed by atoms with Gasteiger partial charge in [-0.25, -0.2) is 22.0 Å². The van der Waals surface area contributed by atoms with Crippen LogP contribution in [0.25, 0.3) is 0 Å². The molecule has 0 radical (unpaired) electrons. The van der Waals surface area contributed by atoms with E-state index in [1.54, 1.807) is 27.7 Å². The van der Waals surface area contributed by atoms with Gasteiger partial charge in [-0.15, -0.1) is 0 Å². The van der Waals surface area contributed by atoms with E-state index in [-0.39, 0.29) is 36.4 Å². The molecule has 20 heteroatoms. The van der Waals surface area contributed by atoms with Gasteiger partial charge in [0.1, 0.15) is 23.7 Å². The number of ketones is 1. The van der Waals surface area contributed by atoms with Gasteiger partial charge in [-0.3, -0.25) is 33.6 Å². The van der Waals surface area contributed by atoms with Gasteiger partial charge in [0.2, 0.25) is 35.2 Å². The Bertz CT molecular complexity index is 1970. The van der Waals surface area contributed by atoms with E-state index in [0.29, 0.717) is 25.7 Å². The maximum Gasteiger partial charge on any atom is 0.290 e. The normalized spacial score (nSPS) is 18.5. The van der Waals surface area contributed by atoms with Crippen molar-refractivity contribution in [1.82, 2.24) is 26.2 Å². The van der Waals surface area contributed by atoms with Crippen molar-refractivity contribution in [3.63, 3.8) is 0 Å². The van der Waals surface area contributed by atoms with Gasteiger partial charge >= 0.3 is 0 Å². The Kier molecular flexibility index (Phi) is 16.1. The summed E-state index contributed by atoms with van der Waals surface area (Å²) in [6.07, 6.45) is 1.91. The number of nitrogens with two attached hydrogens (primary N) is 1. The molecule has 1 aliphatic heterocycles. The third-order valence-electron chi connectivity index (χ3n) is 10.1. The molecule has 0 bridgehead atoms. The van der Waals surface area contributed by atoms with Crippen LogP contribution in [0.5, 0.6) is 0 Å². The molecule has 0 aromatic heterocycles. The molecule has 1 saturated heterocycles. The van der Waals surface area contributed by atoms with Crippen molar-refractivity contribution in [2.45, 2.75) is 115 Å². The number of likely N-dealkylation sites (tertiary alicyclic amines) is 1. The van der Waals surface area contributed by atoms with Gasteiger partial charge < -0.3 is 36.6 Å². The molecule has 2 aromatic carbocycles. The summed E-state index contributed by atoms with van der Waals surface area (Å²) in [6.45, 7) is 5.83. The highest BCUT2D eigenvalue weighted by molar-refractivity contribution is 6.38. The van der Waals surface area contributed by atoms with Gasteiger partial charge in [0.15, 0.2) is 23.3 Å². The summed E-state index contributed by atoms with van der Waals surface area (Å²) in [6, 6.07) is 0.205. The lowest BCUT2D eigenvalue weighted by Crippen LogP contribution is -2.58. The van der Waals surface area contributed by atoms with Crippen LogP contribution < -0.4 is 27.0 Å². The number of hydrogen-bond donors (Lipinski definition) is 5. The lowest BCUT2D eigenvalue weighted by atomic mass is 9.83. The van der Waals surface area contributed by atoms with Gasteiger partial charge in [0.05, 0.1) is 24.3 Å². The zero-order valence-electron chi connectivity index (χ0n) is 33.4. The number of carbonyl (C=O) groups is 7. The number of ether oxygens (including phenoxy) is 1. The number of nitrogens with one attached hydrogen (secondary N) is 4. The SMILES string of the molecule is CCCC(NC(=O)[C@@H]1C[C@@H](OC(C)(C)C)CN1C(=O)[C@@H](NC(=O)c1c(F)c(F)c(F)c(F)c1F)C1CCCCC1)C(=O)C(=O)NCC(=O)NC(C(N)=O)c1cccc(Cl)c1. The minimum Gasteiger partial charge on any atom is -0.371 e. The summed E-state index contributed by atoms with van der Waals surface area (Å²) in [5.74, 6) is -20.4. The molecule has 6 amide bonds. The minimum atomic E-state index is -2.47.